The van der Waals surface area contributed by atoms with Gasteiger partial charge in [0.05, 0.1) is 11.7 Å². The Bertz CT molecular complexity index is 1030. The molecule has 8 nitrogen and oxygen atoms in total. The topological polar surface area (TPSA) is 84.0 Å². The summed E-state index contributed by atoms with van der Waals surface area (Å²) in [7, 11) is 3.48. The number of nitrogens with zero attached hydrogens (tertiary/aromatic N) is 3. The van der Waals surface area contributed by atoms with Crippen LogP contribution in [-0.2, 0) is 16.1 Å². The fraction of sp³-hybridized carbons (Fsp3) is 0.519. The van der Waals surface area contributed by atoms with Gasteiger partial charge in [0.2, 0.25) is 5.91 Å². The van der Waals surface area contributed by atoms with Crippen LogP contribution in [0.2, 0.25) is 0 Å². The first kappa shape index (κ1) is 25.1. The van der Waals surface area contributed by atoms with Crippen LogP contribution in [0.15, 0.2) is 42.7 Å². The lowest BCUT2D eigenvalue weighted by Gasteiger charge is -2.36. The van der Waals surface area contributed by atoms with E-state index in [1.54, 1.807) is 37.3 Å². The van der Waals surface area contributed by atoms with Crippen molar-refractivity contribution >= 4 is 17.5 Å². The van der Waals surface area contributed by atoms with Crippen molar-refractivity contribution in [1.82, 2.24) is 14.8 Å². The van der Waals surface area contributed by atoms with Crippen LogP contribution in [0, 0.1) is 11.8 Å². The van der Waals surface area contributed by atoms with Crippen LogP contribution in [0.3, 0.4) is 0 Å². The van der Waals surface area contributed by atoms with E-state index in [0.29, 0.717) is 30.2 Å². The highest BCUT2D eigenvalue weighted by Gasteiger charge is 2.31. The lowest BCUT2D eigenvalue weighted by molar-refractivity contribution is -0.117. The van der Waals surface area contributed by atoms with E-state index >= 15 is 0 Å². The van der Waals surface area contributed by atoms with Crippen LogP contribution in [0.1, 0.15) is 42.6 Å². The molecule has 0 radical (unpaired) electrons. The molecule has 2 aromatic rings. The summed E-state index contributed by atoms with van der Waals surface area (Å²) in [4.78, 5) is 33.9. The number of anilines is 1. The van der Waals surface area contributed by atoms with Crippen molar-refractivity contribution in [3.63, 3.8) is 0 Å². The number of likely N-dealkylation sites (N-methyl/N-ethyl adjacent to an activating group) is 1. The van der Waals surface area contributed by atoms with E-state index in [0.717, 1.165) is 25.9 Å². The zero-order valence-electron chi connectivity index (χ0n) is 21.1. The Morgan fingerprint density at radius 2 is 1.91 bits per heavy atom. The minimum absolute atomic E-state index is 0.00785. The minimum Gasteiger partial charge on any atom is -0.491 e. The van der Waals surface area contributed by atoms with Crippen molar-refractivity contribution in [3.05, 3.63) is 53.9 Å². The number of carbonyl (C=O) groups is 2. The Morgan fingerprint density at radius 3 is 2.60 bits per heavy atom. The molecule has 1 aromatic heterocycles. The van der Waals surface area contributed by atoms with Crippen LogP contribution in [-0.4, -0.2) is 72.6 Å². The summed E-state index contributed by atoms with van der Waals surface area (Å²) in [6, 6.07) is 9.47. The third-order valence-electron chi connectivity index (χ3n) is 6.92. The normalized spacial score (nSPS) is 24.1. The van der Waals surface area contributed by atoms with Crippen molar-refractivity contribution in [2.75, 3.05) is 39.2 Å². The van der Waals surface area contributed by atoms with Gasteiger partial charge in [0.1, 0.15) is 12.4 Å². The third-order valence-corrected chi connectivity index (χ3v) is 6.92. The Balaban J connectivity index is 1.61. The van der Waals surface area contributed by atoms with Gasteiger partial charge < -0.3 is 19.7 Å². The predicted molar refractivity (Wildman–Crippen MR) is 134 cm³/mol. The molecule has 0 spiro atoms. The molecule has 2 aliphatic rings. The summed E-state index contributed by atoms with van der Waals surface area (Å²) >= 11 is 0. The van der Waals surface area contributed by atoms with E-state index in [9.17, 15) is 9.59 Å². The van der Waals surface area contributed by atoms with Crippen molar-refractivity contribution in [2.24, 2.45) is 11.8 Å². The van der Waals surface area contributed by atoms with E-state index in [-0.39, 0.29) is 35.8 Å². The number of nitrogens with one attached hydrogen (secondary N) is 1. The second-order valence-corrected chi connectivity index (χ2v) is 9.86. The molecule has 1 N–H and O–H groups in total. The number of fused-ring (bicyclic) bond motifs is 1. The third kappa shape index (κ3) is 6.38. The van der Waals surface area contributed by atoms with Gasteiger partial charge in [-0.05, 0) is 61.6 Å². The predicted octanol–water partition coefficient (Wildman–Crippen LogP) is 3.44. The average molecular weight is 481 g/mol. The first-order valence-electron chi connectivity index (χ1n) is 12.3. The molecule has 1 aromatic carbocycles. The molecule has 0 saturated heterocycles. The minimum atomic E-state index is -0.154. The van der Waals surface area contributed by atoms with E-state index in [2.05, 4.69) is 29.0 Å². The summed E-state index contributed by atoms with van der Waals surface area (Å²) < 4.78 is 12.1. The van der Waals surface area contributed by atoms with Gasteiger partial charge in [-0.3, -0.25) is 19.5 Å². The van der Waals surface area contributed by atoms with Gasteiger partial charge in [-0.2, -0.15) is 0 Å². The van der Waals surface area contributed by atoms with Crippen molar-refractivity contribution < 1.29 is 19.1 Å². The fourth-order valence-corrected chi connectivity index (χ4v) is 4.46. The number of pyridine rings is 1. The smallest absolute Gasteiger partial charge is 0.257 e. The van der Waals surface area contributed by atoms with Gasteiger partial charge >= 0.3 is 0 Å². The van der Waals surface area contributed by atoms with E-state index in [4.69, 9.17) is 9.47 Å². The second-order valence-electron chi connectivity index (χ2n) is 9.86. The molecule has 4 rings (SSSR count). The number of amides is 2. The molecule has 2 heterocycles. The number of hydrogen-bond acceptors (Lipinski definition) is 6. The SMILES string of the molecule is CO[C@@H]1CN(C)C(=O)c2cc(NC(=O)C3CC3)ccc2OC[C@H](C)N(Cc2ccncc2)C[C@@H]1C. The lowest BCUT2D eigenvalue weighted by atomic mass is 10.0. The number of carbonyl (C=O) groups excluding carboxylic acids is 2. The first-order valence-corrected chi connectivity index (χ1v) is 12.3. The van der Waals surface area contributed by atoms with Gasteiger partial charge in [0.15, 0.2) is 0 Å². The fourth-order valence-electron chi connectivity index (χ4n) is 4.46. The van der Waals surface area contributed by atoms with E-state index in [1.807, 2.05) is 24.5 Å². The van der Waals surface area contributed by atoms with Gasteiger partial charge in [-0.25, -0.2) is 0 Å². The summed E-state index contributed by atoms with van der Waals surface area (Å²) in [5, 5.41) is 2.94. The van der Waals surface area contributed by atoms with Crippen molar-refractivity contribution in [1.29, 1.82) is 0 Å². The molecule has 0 unspecified atom stereocenters. The second kappa shape index (κ2) is 11.2. The number of rotatable bonds is 5. The van der Waals surface area contributed by atoms with Crippen LogP contribution >= 0.6 is 0 Å². The highest BCUT2D eigenvalue weighted by Crippen LogP contribution is 2.31. The Kier molecular flexibility index (Phi) is 8.03. The molecule has 2 amide bonds. The molecule has 8 heteroatoms. The van der Waals surface area contributed by atoms with Crippen molar-refractivity contribution in [2.45, 2.75) is 45.4 Å². The molecule has 0 bridgehead atoms. The number of methoxy groups -OCH3 is 1. The molecular formula is C27H36N4O4. The standard InChI is InChI=1S/C27H36N4O4/c1-18-14-31(15-20-9-11-28-12-10-20)19(2)17-35-24-8-7-22(29-26(32)21-5-6-21)13-23(24)27(33)30(3)16-25(18)34-4/h7-13,18-19,21,25H,5-6,14-17H2,1-4H3,(H,29,32)/t18-,19-,25+/m0/s1. The molecule has 35 heavy (non-hydrogen) atoms. The zero-order valence-corrected chi connectivity index (χ0v) is 21.1. The highest BCUT2D eigenvalue weighted by molar-refractivity contribution is 6.00. The molecule has 3 atom stereocenters. The monoisotopic (exact) mass is 480 g/mol. The Morgan fingerprint density at radius 1 is 1.17 bits per heavy atom. The molecule has 188 valence electrons. The largest absolute Gasteiger partial charge is 0.491 e. The molecule has 1 aliphatic heterocycles. The summed E-state index contributed by atoms with van der Waals surface area (Å²) in [5.41, 5.74) is 2.24. The van der Waals surface area contributed by atoms with Crippen molar-refractivity contribution in [3.8, 4) is 5.75 Å². The van der Waals surface area contributed by atoms with Gasteiger partial charge in [-0.1, -0.05) is 6.92 Å². The highest BCUT2D eigenvalue weighted by atomic mass is 16.5. The quantitative estimate of drug-likeness (QED) is 0.706. The maximum atomic E-state index is 13.5. The molecule has 1 fully saturated rings. The first-order chi connectivity index (χ1) is 16.9. The lowest BCUT2D eigenvalue weighted by Crippen LogP contribution is -2.46. The number of aromatic nitrogens is 1. The maximum absolute atomic E-state index is 13.5. The van der Waals surface area contributed by atoms with E-state index in [1.165, 1.54) is 5.56 Å². The number of benzene rings is 1. The summed E-state index contributed by atoms with van der Waals surface area (Å²) in [6.45, 7) is 6.73. The van der Waals surface area contributed by atoms with E-state index < -0.39 is 0 Å². The molecular weight excluding hydrogens is 444 g/mol. The zero-order chi connectivity index (χ0) is 24.9. The van der Waals surface area contributed by atoms with Gasteiger partial charge in [0.25, 0.3) is 5.91 Å². The van der Waals surface area contributed by atoms with Crippen LogP contribution in [0.5, 0.6) is 5.75 Å². The van der Waals surface area contributed by atoms with Crippen LogP contribution in [0.4, 0.5) is 5.69 Å². The van der Waals surface area contributed by atoms with Gasteiger partial charge in [-0.15, -0.1) is 0 Å². The van der Waals surface area contributed by atoms with Gasteiger partial charge in [0, 0.05) is 63.8 Å². The average Bonchev–Trinajstić information content (AvgIpc) is 3.71. The molecule has 1 aliphatic carbocycles. The Labute approximate surface area is 207 Å². The summed E-state index contributed by atoms with van der Waals surface area (Å²) in [6.07, 6.45) is 5.34. The Hall–Kier alpha value is -2.97. The number of ether oxygens (including phenoxy) is 2. The maximum Gasteiger partial charge on any atom is 0.257 e. The molecule has 1 saturated carbocycles. The van der Waals surface area contributed by atoms with Crippen LogP contribution < -0.4 is 10.1 Å². The summed E-state index contributed by atoms with van der Waals surface area (Å²) in [5.74, 6) is 0.640. The van der Waals surface area contributed by atoms with Crippen LogP contribution in [0.25, 0.3) is 0 Å². The number of hydrogen-bond donors (Lipinski definition) is 1.